The van der Waals surface area contributed by atoms with Crippen LogP contribution < -0.4 is 5.32 Å². The van der Waals surface area contributed by atoms with E-state index in [9.17, 15) is 61.0 Å². The van der Waals surface area contributed by atoms with Gasteiger partial charge in [0.1, 0.15) is 73.2 Å². The molecule has 17 atom stereocenters. The van der Waals surface area contributed by atoms with Crippen molar-refractivity contribution in [3.05, 3.63) is 97.2 Å². The smallest absolute Gasteiger partial charge is 0.220 e. The van der Waals surface area contributed by atoms with Gasteiger partial charge in [0.15, 0.2) is 18.9 Å². The van der Waals surface area contributed by atoms with Crippen molar-refractivity contribution in [3.63, 3.8) is 0 Å². The molecule has 3 aliphatic heterocycles. The molecule has 0 saturated carbocycles. The van der Waals surface area contributed by atoms with Crippen molar-refractivity contribution in [2.24, 2.45) is 0 Å². The molecule has 3 saturated heterocycles. The Balaban J connectivity index is 1.48. The third-order valence-electron chi connectivity index (χ3n) is 16.3. The fraction of sp³-hybridized carbons (Fsp3) is 0.757. The first-order valence-corrected chi connectivity index (χ1v) is 34.0. The summed E-state index contributed by atoms with van der Waals surface area (Å²) in [5, 5.41) is 120. The van der Waals surface area contributed by atoms with Crippen molar-refractivity contribution in [1.29, 1.82) is 0 Å². The number of hydrogen-bond acceptors (Lipinski definition) is 18. The lowest BCUT2D eigenvalue weighted by molar-refractivity contribution is -0.379. The molecule has 0 radical (unpaired) electrons. The minimum absolute atomic E-state index is 0.213. The van der Waals surface area contributed by atoms with E-state index in [0.717, 1.165) is 103 Å². The molecule has 0 aromatic heterocycles. The molecule has 19 nitrogen and oxygen atoms in total. The van der Waals surface area contributed by atoms with Crippen molar-refractivity contribution in [1.82, 2.24) is 5.32 Å². The number of aliphatic hydroxyl groups is 11. The minimum atomic E-state index is -1.99. The van der Waals surface area contributed by atoms with Gasteiger partial charge in [-0.3, -0.25) is 4.79 Å². The molecule has 1 amide bonds. The highest BCUT2D eigenvalue weighted by Gasteiger charge is 2.53. The number of carbonyl (C=O) groups excluding carboxylic acids is 1. The van der Waals surface area contributed by atoms with Crippen LogP contribution in [0.25, 0.3) is 0 Å². The monoisotopic (exact) mass is 1260 g/mol. The first kappa shape index (κ1) is 79.9. The summed E-state index contributed by atoms with van der Waals surface area (Å²) >= 11 is 0. The molecule has 17 unspecified atom stereocenters. The van der Waals surface area contributed by atoms with Crippen LogP contribution in [0.2, 0.25) is 0 Å². The van der Waals surface area contributed by atoms with Gasteiger partial charge in [-0.15, -0.1) is 0 Å². The summed E-state index contributed by atoms with van der Waals surface area (Å²) in [5.74, 6) is -0.305. The van der Waals surface area contributed by atoms with E-state index >= 15 is 0 Å². The van der Waals surface area contributed by atoms with Crippen molar-refractivity contribution in [2.75, 3.05) is 26.4 Å². The number of rotatable bonds is 50. The molecule has 0 aliphatic carbocycles. The van der Waals surface area contributed by atoms with Crippen LogP contribution in [0.3, 0.4) is 0 Å². The molecule has 0 spiro atoms. The van der Waals surface area contributed by atoms with Gasteiger partial charge in [-0.2, -0.15) is 0 Å². The summed E-state index contributed by atoms with van der Waals surface area (Å²) < 4.78 is 34.3. The highest BCUT2D eigenvalue weighted by Crippen LogP contribution is 2.33. The third-order valence-corrected chi connectivity index (χ3v) is 16.3. The van der Waals surface area contributed by atoms with E-state index in [0.29, 0.717) is 12.8 Å². The quantitative estimate of drug-likeness (QED) is 0.0201. The molecule has 0 bridgehead atoms. The summed E-state index contributed by atoms with van der Waals surface area (Å²) in [6, 6.07) is -1.01. The van der Waals surface area contributed by atoms with Gasteiger partial charge in [0.05, 0.1) is 38.6 Å². The van der Waals surface area contributed by atoms with Crippen LogP contribution in [-0.2, 0) is 33.2 Å². The summed E-state index contributed by atoms with van der Waals surface area (Å²) in [5.41, 5.74) is 0. The second-order valence-electron chi connectivity index (χ2n) is 23.9. The van der Waals surface area contributed by atoms with E-state index in [2.05, 4.69) is 104 Å². The van der Waals surface area contributed by atoms with Crippen molar-refractivity contribution in [2.45, 2.75) is 311 Å². The fourth-order valence-corrected chi connectivity index (χ4v) is 10.8. The predicted octanol–water partition coefficient (Wildman–Crippen LogP) is 8.49. The molecule has 12 N–H and O–H groups in total. The molecule has 0 aromatic rings. The molecule has 3 rings (SSSR count). The number of aliphatic hydroxyl groups excluding tert-OH is 11. The molecule has 3 heterocycles. The lowest BCUT2D eigenvalue weighted by Gasteiger charge is -2.48. The van der Waals surface area contributed by atoms with E-state index in [4.69, 9.17) is 28.4 Å². The lowest BCUT2D eigenvalue weighted by atomic mass is 9.96. The lowest BCUT2D eigenvalue weighted by Crippen LogP contribution is -2.66. The standard InChI is InChI=1S/C70H119NO18/c1-3-5-7-9-11-13-15-17-19-21-23-25-26-28-30-32-34-36-38-40-42-44-46-48-58(76)71-53(54(75)47-45-43-41-39-37-35-33-31-29-27-24-22-20-18-16-14-12-10-8-6-4-2)52-84-68-64(82)61(79)66(56(50-73)86-68)89-70-65(83)62(80)67(57(51-74)87-70)88-69-63(81)60(78)59(77)55(49-72)85-69/h5,7,11,13,17,19,23,25,28-31,37,39,45,47,53-57,59-70,72-75,77-83H,3-4,6,8-10,12,14-16,18,20-22,24,26-27,32-36,38,40-44,46,48-52H2,1-2H3,(H,71,76)/b7-5-,13-11-,19-17-,25-23-,30-28-,31-29+,39-37+,47-45+. The average Bonchev–Trinajstić information content (AvgIpc) is 2.09. The third kappa shape index (κ3) is 33.4. The number of carbonyl (C=O) groups is 1. The Morgan fingerprint density at radius 1 is 0.416 bits per heavy atom. The predicted molar refractivity (Wildman–Crippen MR) is 346 cm³/mol. The zero-order chi connectivity index (χ0) is 64.7. The zero-order valence-electron chi connectivity index (χ0n) is 53.9. The van der Waals surface area contributed by atoms with Gasteiger partial charge in [-0.05, 0) is 89.9 Å². The molecular weight excluding hydrogens is 1140 g/mol. The van der Waals surface area contributed by atoms with Crippen LogP contribution in [-0.4, -0.2) is 193 Å². The van der Waals surface area contributed by atoms with Crippen LogP contribution in [0.15, 0.2) is 97.2 Å². The average molecular weight is 1260 g/mol. The summed E-state index contributed by atoms with van der Waals surface area (Å²) in [6.45, 7) is 1.57. The topological polar surface area (TPSA) is 307 Å². The van der Waals surface area contributed by atoms with Gasteiger partial charge in [0.2, 0.25) is 5.91 Å². The Morgan fingerprint density at radius 2 is 0.787 bits per heavy atom. The maximum atomic E-state index is 13.4. The van der Waals surface area contributed by atoms with Gasteiger partial charge >= 0.3 is 0 Å². The molecule has 3 fully saturated rings. The van der Waals surface area contributed by atoms with Crippen molar-refractivity contribution < 1.29 is 89.4 Å². The number of nitrogens with one attached hydrogen (secondary N) is 1. The Kier molecular flexibility index (Phi) is 46.0. The number of unbranched alkanes of at least 4 members (excludes halogenated alkanes) is 20. The van der Waals surface area contributed by atoms with Gasteiger partial charge < -0.3 is 89.9 Å². The van der Waals surface area contributed by atoms with Crippen molar-refractivity contribution >= 4 is 5.91 Å². The minimum Gasteiger partial charge on any atom is -0.394 e. The number of allylic oxidation sites excluding steroid dienone is 15. The van der Waals surface area contributed by atoms with Gasteiger partial charge in [-0.1, -0.05) is 207 Å². The molecule has 89 heavy (non-hydrogen) atoms. The van der Waals surface area contributed by atoms with Crippen LogP contribution in [0.5, 0.6) is 0 Å². The molecule has 3 aliphatic rings. The Bertz CT molecular complexity index is 1990. The first-order chi connectivity index (χ1) is 43.3. The van der Waals surface area contributed by atoms with Gasteiger partial charge in [-0.25, -0.2) is 0 Å². The summed E-state index contributed by atoms with van der Waals surface area (Å²) in [4.78, 5) is 13.4. The van der Waals surface area contributed by atoms with E-state index < -0.39 is 124 Å². The second kappa shape index (κ2) is 51.2. The zero-order valence-corrected chi connectivity index (χ0v) is 53.9. The molecule has 512 valence electrons. The van der Waals surface area contributed by atoms with E-state index in [-0.39, 0.29) is 18.9 Å². The Labute approximate surface area is 533 Å². The largest absolute Gasteiger partial charge is 0.394 e. The SMILES string of the molecule is CC/C=C\C/C=C\C/C=C\C/C=C\C/C=C\CCCCCCCCCC(=O)NC(COC1OC(CO)C(OC2OC(CO)C(OC3OC(CO)C(O)C(O)C3O)C(O)C2O)C(O)C1O)C(O)/C=C/CC/C=C/CC/C=C/CCCCCCCCCCCCC. The molecule has 0 aromatic carbocycles. The first-order valence-electron chi connectivity index (χ1n) is 34.0. The maximum Gasteiger partial charge on any atom is 0.220 e. The molecular formula is C70H119NO18. The highest BCUT2D eigenvalue weighted by molar-refractivity contribution is 5.76. The van der Waals surface area contributed by atoms with Gasteiger partial charge in [0, 0.05) is 6.42 Å². The maximum absolute atomic E-state index is 13.4. The second-order valence-corrected chi connectivity index (χ2v) is 23.9. The number of ether oxygens (including phenoxy) is 6. The van der Waals surface area contributed by atoms with Crippen LogP contribution in [0.1, 0.15) is 206 Å². The van der Waals surface area contributed by atoms with E-state index in [1.807, 2.05) is 6.08 Å². The molecule has 19 heteroatoms. The van der Waals surface area contributed by atoms with E-state index in [1.54, 1.807) is 6.08 Å². The van der Waals surface area contributed by atoms with E-state index in [1.165, 1.54) is 70.6 Å². The van der Waals surface area contributed by atoms with Crippen LogP contribution >= 0.6 is 0 Å². The fourth-order valence-electron chi connectivity index (χ4n) is 10.8. The van der Waals surface area contributed by atoms with Crippen LogP contribution in [0, 0.1) is 0 Å². The Hall–Kier alpha value is -3.29. The Morgan fingerprint density at radius 3 is 1.26 bits per heavy atom. The highest BCUT2D eigenvalue weighted by atomic mass is 16.8. The normalized spacial score (nSPS) is 28.8. The van der Waals surface area contributed by atoms with Crippen molar-refractivity contribution in [3.8, 4) is 0 Å². The number of hydrogen-bond donors (Lipinski definition) is 12. The van der Waals surface area contributed by atoms with Crippen LogP contribution in [0.4, 0.5) is 0 Å². The van der Waals surface area contributed by atoms with Gasteiger partial charge in [0.25, 0.3) is 0 Å². The summed E-state index contributed by atoms with van der Waals surface area (Å²) in [7, 11) is 0. The summed E-state index contributed by atoms with van der Waals surface area (Å²) in [6.07, 6.45) is 39.4. The number of amides is 1.